The second kappa shape index (κ2) is 9.07. The molecule has 0 saturated heterocycles. The van der Waals surface area contributed by atoms with Crippen molar-refractivity contribution in [3.63, 3.8) is 0 Å². The molecule has 0 aliphatic carbocycles. The van der Waals surface area contributed by atoms with Crippen LogP contribution in [-0.2, 0) is 0 Å². The van der Waals surface area contributed by atoms with Crippen molar-refractivity contribution < 1.29 is 14.3 Å². The quantitative estimate of drug-likeness (QED) is 0.640. The highest BCUT2D eigenvalue weighted by molar-refractivity contribution is 6.04. The summed E-state index contributed by atoms with van der Waals surface area (Å²) >= 11 is 0. The smallest absolute Gasteiger partial charge is 0.255 e. The van der Waals surface area contributed by atoms with E-state index in [9.17, 15) is 4.79 Å². The van der Waals surface area contributed by atoms with E-state index in [2.05, 4.69) is 11.4 Å². The van der Waals surface area contributed by atoms with Gasteiger partial charge in [0.1, 0.15) is 30.8 Å². The number of nitriles is 1. The van der Waals surface area contributed by atoms with Crippen LogP contribution in [-0.4, -0.2) is 19.1 Å². The normalized spacial score (nSPS) is 9.89. The second-order valence-electron chi connectivity index (χ2n) is 5.65. The van der Waals surface area contributed by atoms with E-state index in [1.165, 1.54) is 0 Å². The van der Waals surface area contributed by atoms with Crippen LogP contribution in [0.2, 0.25) is 0 Å². The molecule has 3 aromatic rings. The Morgan fingerprint density at radius 1 is 0.815 bits per heavy atom. The minimum Gasteiger partial charge on any atom is -0.490 e. The average Bonchev–Trinajstić information content (AvgIpc) is 2.73. The van der Waals surface area contributed by atoms with Gasteiger partial charge >= 0.3 is 0 Å². The SMILES string of the molecule is N#Cc1ccccc1NC(=O)c1ccc(OCCOc2ccccc2)cc1. The van der Waals surface area contributed by atoms with Crippen LogP contribution >= 0.6 is 0 Å². The van der Waals surface area contributed by atoms with E-state index in [0.717, 1.165) is 5.75 Å². The van der Waals surface area contributed by atoms with E-state index in [0.29, 0.717) is 35.8 Å². The van der Waals surface area contributed by atoms with Crippen molar-refractivity contribution in [1.82, 2.24) is 0 Å². The summed E-state index contributed by atoms with van der Waals surface area (Å²) in [5.74, 6) is 1.17. The summed E-state index contributed by atoms with van der Waals surface area (Å²) in [5, 5.41) is 11.8. The predicted octanol–water partition coefficient (Wildman–Crippen LogP) is 4.27. The molecule has 0 bridgehead atoms. The molecule has 5 heteroatoms. The minimum absolute atomic E-state index is 0.281. The molecular weight excluding hydrogens is 340 g/mol. The highest BCUT2D eigenvalue weighted by atomic mass is 16.5. The number of ether oxygens (including phenoxy) is 2. The van der Waals surface area contributed by atoms with Gasteiger partial charge in [0.15, 0.2) is 0 Å². The van der Waals surface area contributed by atoms with Crippen molar-refractivity contribution >= 4 is 11.6 Å². The number of hydrogen-bond donors (Lipinski definition) is 1. The van der Waals surface area contributed by atoms with Gasteiger partial charge in [0, 0.05) is 5.56 Å². The first-order valence-electron chi connectivity index (χ1n) is 8.47. The van der Waals surface area contributed by atoms with Crippen molar-refractivity contribution in [2.75, 3.05) is 18.5 Å². The van der Waals surface area contributed by atoms with Crippen molar-refractivity contribution in [2.45, 2.75) is 0 Å². The molecule has 0 radical (unpaired) electrons. The second-order valence-corrected chi connectivity index (χ2v) is 5.65. The lowest BCUT2D eigenvalue weighted by molar-refractivity contribution is 0.102. The fraction of sp³-hybridized carbons (Fsp3) is 0.0909. The standard InChI is InChI=1S/C22H18N2O3/c23-16-18-6-4-5-9-21(18)24-22(25)17-10-12-20(13-11-17)27-15-14-26-19-7-2-1-3-8-19/h1-13H,14-15H2,(H,24,25). The van der Waals surface area contributed by atoms with Crippen LogP contribution in [0.3, 0.4) is 0 Å². The maximum absolute atomic E-state index is 12.3. The van der Waals surface area contributed by atoms with Crippen LogP contribution in [0.4, 0.5) is 5.69 Å². The molecule has 0 heterocycles. The molecule has 0 aromatic heterocycles. The van der Waals surface area contributed by atoms with Gasteiger partial charge in [0.2, 0.25) is 0 Å². The topological polar surface area (TPSA) is 71.4 Å². The summed E-state index contributed by atoms with van der Waals surface area (Å²) in [4.78, 5) is 12.3. The fourth-order valence-electron chi connectivity index (χ4n) is 2.42. The van der Waals surface area contributed by atoms with Crippen molar-refractivity contribution in [3.05, 3.63) is 90.0 Å². The molecule has 0 saturated carbocycles. The molecule has 1 N–H and O–H groups in total. The van der Waals surface area contributed by atoms with Gasteiger partial charge in [-0.1, -0.05) is 30.3 Å². The molecule has 0 spiro atoms. The summed E-state index contributed by atoms with van der Waals surface area (Å²) in [7, 11) is 0. The summed E-state index contributed by atoms with van der Waals surface area (Å²) in [6, 6.07) is 25.3. The highest BCUT2D eigenvalue weighted by Crippen LogP contribution is 2.17. The third-order valence-corrected chi connectivity index (χ3v) is 3.78. The first-order valence-corrected chi connectivity index (χ1v) is 8.47. The Morgan fingerprint density at radius 2 is 1.41 bits per heavy atom. The Labute approximate surface area is 157 Å². The fourth-order valence-corrected chi connectivity index (χ4v) is 2.42. The van der Waals surface area contributed by atoms with Crippen LogP contribution in [0.25, 0.3) is 0 Å². The van der Waals surface area contributed by atoms with Gasteiger partial charge < -0.3 is 14.8 Å². The van der Waals surface area contributed by atoms with Gasteiger partial charge in [-0.2, -0.15) is 5.26 Å². The lowest BCUT2D eigenvalue weighted by atomic mass is 10.1. The van der Waals surface area contributed by atoms with Crippen LogP contribution in [0.15, 0.2) is 78.9 Å². The van der Waals surface area contributed by atoms with E-state index in [1.807, 2.05) is 30.3 Å². The Bertz CT molecular complexity index is 932. The molecule has 134 valence electrons. The van der Waals surface area contributed by atoms with Gasteiger partial charge in [-0.25, -0.2) is 0 Å². The number of nitrogens with zero attached hydrogens (tertiary/aromatic N) is 1. The molecule has 0 aliphatic rings. The Hall–Kier alpha value is -3.78. The lowest BCUT2D eigenvalue weighted by Crippen LogP contribution is -2.13. The highest BCUT2D eigenvalue weighted by Gasteiger charge is 2.09. The summed E-state index contributed by atoms with van der Waals surface area (Å²) in [6.45, 7) is 0.827. The van der Waals surface area contributed by atoms with Gasteiger partial charge in [0.25, 0.3) is 5.91 Å². The van der Waals surface area contributed by atoms with Gasteiger partial charge in [0.05, 0.1) is 11.3 Å². The number of nitrogens with one attached hydrogen (secondary N) is 1. The molecule has 3 rings (SSSR count). The Kier molecular flexibility index (Phi) is 6.05. The van der Waals surface area contributed by atoms with E-state index in [4.69, 9.17) is 14.7 Å². The number of hydrogen-bond acceptors (Lipinski definition) is 4. The number of amides is 1. The minimum atomic E-state index is -0.281. The van der Waals surface area contributed by atoms with Crippen LogP contribution in [0.1, 0.15) is 15.9 Å². The monoisotopic (exact) mass is 358 g/mol. The van der Waals surface area contributed by atoms with Gasteiger partial charge in [-0.3, -0.25) is 4.79 Å². The number of rotatable bonds is 7. The molecule has 0 aliphatic heterocycles. The van der Waals surface area contributed by atoms with E-state index in [-0.39, 0.29) is 5.91 Å². The zero-order chi connectivity index (χ0) is 18.9. The average molecular weight is 358 g/mol. The van der Waals surface area contributed by atoms with Crippen molar-refractivity contribution in [2.24, 2.45) is 0 Å². The van der Waals surface area contributed by atoms with Crippen LogP contribution < -0.4 is 14.8 Å². The Balaban J connectivity index is 1.51. The number of carbonyl (C=O) groups excluding carboxylic acids is 1. The number of anilines is 1. The van der Waals surface area contributed by atoms with E-state index < -0.39 is 0 Å². The number of para-hydroxylation sites is 2. The molecule has 1 amide bonds. The molecule has 0 unspecified atom stereocenters. The molecule has 3 aromatic carbocycles. The van der Waals surface area contributed by atoms with E-state index in [1.54, 1.807) is 48.5 Å². The zero-order valence-electron chi connectivity index (χ0n) is 14.6. The van der Waals surface area contributed by atoms with Crippen LogP contribution in [0.5, 0.6) is 11.5 Å². The van der Waals surface area contributed by atoms with Gasteiger partial charge in [-0.15, -0.1) is 0 Å². The summed E-state index contributed by atoms with van der Waals surface area (Å²) in [5.41, 5.74) is 1.39. The molecule has 27 heavy (non-hydrogen) atoms. The van der Waals surface area contributed by atoms with Crippen molar-refractivity contribution in [1.29, 1.82) is 5.26 Å². The number of benzene rings is 3. The molecular formula is C22H18N2O3. The number of carbonyl (C=O) groups is 1. The van der Waals surface area contributed by atoms with Crippen molar-refractivity contribution in [3.8, 4) is 17.6 Å². The molecule has 0 atom stereocenters. The lowest BCUT2D eigenvalue weighted by Gasteiger charge is -2.09. The largest absolute Gasteiger partial charge is 0.490 e. The van der Waals surface area contributed by atoms with Crippen LogP contribution in [0, 0.1) is 11.3 Å². The zero-order valence-corrected chi connectivity index (χ0v) is 14.6. The first-order chi connectivity index (χ1) is 13.3. The summed E-state index contributed by atoms with van der Waals surface area (Å²) < 4.78 is 11.2. The maximum atomic E-state index is 12.3. The first kappa shape index (κ1) is 18.0. The third-order valence-electron chi connectivity index (χ3n) is 3.78. The van der Waals surface area contributed by atoms with Gasteiger partial charge in [-0.05, 0) is 48.5 Å². The maximum Gasteiger partial charge on any atom is 0.255 e. The Morgan fingerprint density at radius 3 is 2.07 bits per heavy atom. The molecule has 5 nitrogen and oxygen atoms in total. The molecule has 0 fully saturated rings. The summed E-state index contributed by atoms with van der Waals surface area (Å²) in [6.07, 6.45) is 0. The van der Waals surface area contributed by atoms with E-state index >= 15 is 0 Å². The predicted molar refractivity (Wildman–Crippen MR) is 103 cm³/mol. The third kappa shape index (κ3) is 5.10.